The first-order chi connectivity index (χ1) is 17.8. The second-order valence-corrected chi connectivity index (χ2v) is 12.8. The first-order valence-electron chi connectivity index (χ1n) is 14.8. The van der Waals surface area contributed by atoms with E-state index >= 15 is 0 Å². The maximum Gasteiger partial charge on any atom is 0.255 e. The van der Waals surface area contributed by atoms with Crippen LogP contribution in [0.2, 0.25) is 0 Å². The molecule has 0 saturated heterocycles. The predicted octanol–water partition coefficient (Wildman–Crippen LogP) is 5.67. The number of fused-ring (bicyclic) bond motifs is 2. The number of hydrogen-bond donors (Lipinski definition) is 2. The molecule has 1 aromatic rings. The number of benzene rings is 1. The lowest BCUT2D eigenvalue weighted by atomic mass is 9.70. The van der Waals surface area contributed by atoms with Crippen molar-refractivity contribution >= 4 is 11.8 Å². The lowest BCUT2D eigenvalue weighted by Crippen LogP contribution is -2.51. The number of aryl methyl sites for hydroxylation is 1. The van der Waals surface area contributed by atoms with Gasteiger partial charge in [-0.2, -0.15) is 0 Å². The fourth-order valence-electron chi connectivity index (χ4n) is 7.34. The molecule has 0 aliphatic heterocycles. The highest BCUT2D eigenvalue weighted by atomic mass is 16.5. The molecule has 1 aromatic carbocycles. The van der Waals surface area contributed by atoms with Gasteiger partial charge in [0.05, 0.1) is 24.7 Å². The second-order valence-electron chi connectivity index (χ2n) is 12.8. The lowest BCUT2D eigenvalue weighted by Gasteiger charge is -2.39. The van der Waals surface area contributed by atoms with Crippen LogP contribution in [0.25, 0.3) is 0 Å². The Balaban J connectivity index is 1.31. The van der Waals surface area contributed by atoms with E-state index in [9.17, 15) is 9.59 Å². The van der Waals surface area contributed by atoms with Gasteiger partial charge in [-0.05, 0) is 105 Å². The van der Waals surface area contributed by atoms with Crippen LogP contribution in [0.1, 0.15) is 101 Å². The third-order valence-corrected chi connectivity index (χ3v) is 10.0. The average molecular weight is 511 g/mol. The Morgan fingerprint density at radius 2 is 1.76 bits per heavy atom. The zero-order valence-corrected chi connectivity index (χ0v) is 23.2. The van der Waals surface area contributed by atoms with Crippen LogP contribution < -0.4 is 20.1 Å². The normalized spacial score (nSPS) is 31.9. The quantitative estimate of drug-likeness (QED) is 0.449. The largest absolute Gasteiger partial charge is 0.496 e. The fraction of sp³-hybridized carbons (Fsp3) is 0.742. The maximum atomic E-state index is 13.7. The molecule has 6 heteroatoms. The summed E-state index contributed by atoms with van der Waals surface area (Å²) in [5, 5.41) is 6.55. The Morgan fingerprint density at radius 1 is 1.03 bits per heavy atom. The standard InChI is InChI=1S/C31H46N2O4/c1-5-20-16-26(36-4)24(17-25(20)37-23-11-7-19(2)8-12-23)29(34)33-28-22-10-9-21(15-22)27(28)30(35)32-18-31(3)13-6-14-31/h16-17,19,21-23,27-28H,5-15,18H2,1-4H3,(H,32,35)(H,33,34)/t19-,21-,22+,23-,27+,28-/m1/s1. The van der Waals surface area contributed by atoms with Gasteiger partial charge >= 0.3 is 0 Å². The van der Waals surface area contributed by atoms with Crippen molar-refractivity contribution in [3.05, 3.63) is 23.3 Å². The van der Waals surface area contributed by atoms with Gasteiger partial charge < -0.3 is 20.1 Å². The second kappa shape index (κ2) is 10.9. The van der Waals surface area contributed by atoms with Crippen LogP contribution in [0.3, 0.4) is 0 Å². The molecule has 6 nitrogen and oxygen atoms in total. The molecular formula is C31H46N2O4. The van der Waals surface area contributed by atoms with E-state index in [-0.39, 0.29) is 35.3 Å². The van der Waals surface area contributed by atoms with Crippen LogP contribution >= 0.6 is 0 Å². The van der Waals surface area contributed by atoms with Crippen molar-refractivity contribution in [3.63, 3.8) is 0 Å². The van der Waals surface area contributed by atoms with Gasteiger partial charge in [0.25, 0.3) is 5.91 Å². The molecule has 0 heterocycles. The zero-order valence-electron chi connectivity index (χ0n) is 23.2. The van der Waals surface area contributed by atoms with Gasteiger partial charge in [-0.3, -0.25) is 9.59 Å². The third-order valence-electron chi connectivity index (χ3n) is 10.0. The van der Waals surface area contributed by atoms with Crippen molar-refractivity contribution in [2.75, 3.05) is 13.7 Å². The molecule has 4 fully saturated rings. The molecule has 0 spiro atoms. The summed E-state index contributed by atoms with van der Waals surface area (Å²) < 4.78 is 12.1. The molecule has 4 saturated carbocycles. The van der Waals surface area contributed by atoms with Gasteiger partial charge in [0, 0.05) is 12.6 Å². The van der Waals surface area contributed by atoms with Gasteiger partial charge in [-0.25, -0.2) is 0 Å². The molecular weight excluding hydrogens is 464 g/mol. The Labute approximate surface area is 222 Å². The van der Waals surface area contributed by atoms with Gasteiger partial charge in [0.15, 0.2) is 0 Å². The summed E-state index contributed by atoms with van der Waals surface area (Å²) in [5.41, 5.74) is 1.81. The van der Waals surface area contributed by atoms with Crippen LogP contribution in [0.4, 0.5) is 0 Å². The monoisotopic (exact) mass is 510 g/mol. The molecule has 2 bridgehead atoms. The maximum absolute atomic E-state index is 13.7. The number of methoxy groups -OCH3 is 1. The van der Waals surface area contributed by atoms with Crippen molar-refractivity contribution in [2.24, 2.45) is 29.1 Å². The van der Waals surface area contributed by atoms with E-state index in [1.807, 2.05) is 12.1 Å². The van der Waals surface area contributed by atoms with Crippen molar-refractivity contribution < 1.29 is 19.1 Å². The predicted molar refractivity (Wildman–Crippen MR) is 145 cm³/mol. The Bertz CT molecular complexity index is 995. The van der Waals surface area contributed by atoms with E-state index in [1.54, 1.807) is 7.11 Å². The number of carbonyl (C=O) groups excluding carboxylic acids is 2. The average Bonchev–Trinajstić information content (AvgIpc) is 3.49. The van der Waals surface area contributed by atoms with Gasteiger partial charge in [-0.15, -0.1) is 0 Å². The summed E-state index contributed by atoms with van der Waals surface area (Å²) in [6.45, 7) is 7.41. The van der Waals surface area contributed by atoms with Crippen molar-refractivity contribution in [1.29, 1.82) is 0 Å². The molecule has 4 aliphatic rings. The molecule has 0 radical (unpaired) electrons. The Kier molecular flexibility index (Phi) is 7.74. The molecule has 4 aliphatic carbocycles. The highest BCUT2D eigenvalue weighted by molar-refractivity contribution is 5.98. The fourth-order valence-corrected chi connectivity index (χ4v) is 7.34. The summed E-state index contributed by atoms with van der Waals surface area (Å²) in [5.74, 6) is 2.66. The summed E-state index contributed by atoms with van der Waals surface area (Å²) >= 11 is 0. The summed E-state index contributed by atoms with van der Waals surface area (Å²) in [6.07, 6.45) is 12.3. The van der Waals surface area contributed by atoms with Crippen LogP contribution in [0.5, 0.6) is 11.5 Å². The number of ether oxygens (including phenoxy) is 2. The highest BCUT2D eigenvalue weighted by Crippen LogP contribution is 2.49. The third kappa shape index (κ3) is 5.49. The smallest absolute Gasteiger partial charge is 0.255 e. The molecule has 0 unspecified atom stereocenters. The van der Waals surface area contributed by atoms with Crippen LogP contribution in [-0.2, 0) is 11.2 Å². The number of nitrogens with one attached hydrogen (secondary N) is 2. The lowest BCUT2D eigenvalue weighted by molar-refractivity contribution is -0.128. The van der Waals surface area contributed by atoms with E-state index < -0.39 is 0 Å². The number of amides is 2. The number of rotatable bonds is 9. The summed E-state index contributed by atoms with van der Waals surface area (Å²) in [6, 6.07) is 3.71. The first kappa shape index (κ1) is 26.4. The topological polar surface area (TPSA) is 76.7 Å². The van der Waals surface area contributed by atoms with Gasteiger partial charge in [0.1, 0.15) is 11.5 Å². The van der Waals surface area contributed by atoms with Crippen LogP contribution in [0.15, 0.2) is 12.1 Å². The molecule has 2 N–H and O–H groups in total. The highest BCUT2D eigenvalue weighted by Gasteiger charge is 2.51. The number of carbonyl (C=O) groups is 2. The Morgan fingerprint density at radius 3 is 2.41 bits per heavy atom. The van der Waals surface area contributed by atoms with E-state index in [0.717, 1.165) is 62.3 Å². The van der Waals surface area contributed by atoms with Crippen LogP contribution in [-0.4, -0.2) is 37.6 Å². The summed E-state index contributed by atoms with van der Waals surface area (Å²) in [7, 11) is 1.61. The van der Waals surface area contributed by atoms with E-state index in [4.69, 9.17) is 9.47 Å². The SMILES string of the molecule is CCc1cc(OC)c(C(=O)N[C@@H]2[C@H]3CC[C@H](C3)[C@@H]2C(=O)NCC2(C)CCC2)cc1O[C@H]1CC[C@H](C)CC1. The number of hydrogen-bond acceptors (Lipinski definition) is 4. The van der Waals surface area contributed by atoms with Crippen molar-refractivity contribution in [3.8, 4) is 11.5 Å². The van der Waals surface area contributed by atoms with Crippen molar-refractivity contribution in [2.45, 2.75) is 104 Å². The zero-order chi connectivity index (χ0) is 26.2. The van der Waals surface area contributed by atoms with Crippen molar-refractivity contribution in [1.82, 2.24) is 10.6 Å². The molecule has 204 valence electrons. The molecule has 2 amide bonds. The molecule has 37 heavy (non-hydrogen) atoms. The first-order valence-corrected chi connectivity index (χ1v) is 14.8. The minimum atomic E-state index is -0.164. The summed E-state index contributed by atoms with van der Waals surface area (Å²) in [4.78, 5) is 27.1. The van der Waals surface area contributed by atoms with E-state index in [1.165, 1.54) is 32.1 Å². The molecule has 5 rings (SSSR count). The Hall–Kier alpha value is -2.24. The van der Waals surface area contributed by atoms with Gasteiger partial charge in [0.2, 0.25) is 5.91 Å². The van der Waals surface area contributed by atoms with E-state index in [2.05, 4.69) is 31.4 Å². The van der Waals surface area contributed by atoms with Crippen LogP contribution in [0, 0.1) is 29.1 Å². The van der Waals surface area contributed by atoms with E-state index in [0.29, 0.717) is 23.1 Å². The minimum absolute atomic E-state index is 0.120. The molecule has 0 aromatic heterocycles. The molecule has 4 atom stereocenters. The minimum Gasteiger partial charge on any atom is -0.496 e. The van der Waals surface area contributed by atoms with Gasteiger partial charge in [-0.1, -0.05) is 27.2 Å².